The molecule has 3 unspecified atom stereocenters. The Balaban J connectivity index is 2.30. The molecular weight excluding hydrogens is 298 g/mol. The van der Waals surface area contributed by atoms with E-state index >= 15 is 0 Å². The van der Waals surface area contributed by atoms with Crippen molar-refractivity contribution in [3.63, 3.8) is 0 Å². The summed E-state index contributed by atoms with van der Waals surface area (Å²) in [5.41, 5.74) is -0.592. The average Bonchev–Trinajstić information content (AvgIpc) is 2.74. The van der Waals surface area contributed by atoms with Crippen molar-refractivity contribution in [2.24, 2.45) is 11.3 Å². The monoisotopic (exact) mass is 313 g/mol. The Morgan fingerprint density at radius 2 is 2.47 bits per heavy atom. The van der Waals surface area contributed by atoms with E-state index < -0.39 is 11.5 Å². The second-order valence-corrected chi connectivity index (χ2v) is 6.81. The van der Waals surface area contributed by atoms with Gasteiger partial charge in [0.05, 0.1) is 11.5 Å². The zero-order valence-corrected chi connectivity index (χ0v) is 12.2. The van der Waals surface area contributed by atoms with E-state index in [0.717, 1.165) is 28.6 Å². The van der Waals surface area contributed by atoms with Crippen LogP contribution in [0.15, 0.2) is 15.9 Å². The van der Waals surface area contributed by atoms with Crippen LogP contribution in [0.4, 0.5) is 0 Å². The van der Waals surface area contributed by atoms with Gasteiger partial charge in [-0.15, -0.1) is 11.3 Å². The highest BCUT2D eigenvalue weighted by Crippen LogP contribution is 2.49. The summed E-state index contributed by atoms with van der Waals surface area (Å²) in [7, 11) is 0. The van der Waals surface area contributed by atoms with Crippen molar-refractivity contribution >= 4 is 27.3 Å². The van der Waals surface area contributed by atoms with Crippen LogP contribution in [0.5, 0.6) is 0 Å². The summed E-state index contributed by atoms with van der Waals surface area (Å²) in [6.45, 7) is 2.17. The van der Waals surface area contributed by atoms with Gasteiger partial charge in [-0.3, -0.25) is 0 Å². The van der Waals surface area contributed by atoms with Gasteiger partial charge in [0.15, 0.2) is 0 Å². The molecule has 4 heteroatoms. The quantitative estimate of drug-likeness (QED) is 0.886. The largest absolute Gasteiger partial charge is 0.386 e. The van der Waals surface area contributed by atoms with Crippen LogP contribution in [-0.4, -0.2) is 5.11 Å². The molecule has 0 radical (unpaired) electrons. The summed E-state index contributed by atoms with van der Waals surface area (Å²) >= 11 is 4.96. The van der Waals surface area contributed by atoms with Crippen LogP contribution in [0.1, 0.15) is 43.6 Å². The molecular formula is C13H16BrNOS. The van der Waals surface area contributed by atoms with Crippen LogP contribution in [0.2, 0.25) is 0 Å². The molecule has 1 saturated carbocycles. The summed E-state index contributed by atoms with van der Waals surface area (Å²) in [4.78, 5) is 0.889. The number of halogens is 1. The first kappa shape index (κ1) is 13.1. The average molecular weight is 314 g/mol. The molecule has 92 valence electrons. The molecule has 1 heterocycles. The molecule has 1 aliphatic rings. The van der Waals surface area contributed by atoms with Gasteiger partial charge in [-0.1, -0.05) is 19.8 Å². The third-order valence-corrected chi connectivity index (χ3v) is 5.59. The zero-order valence-electron chi connectivity index (χ0n) is 9.82. The number of hydrogen-bond donors (Lipinski definition) is 1. The summed E-state index contributed by atoms with van der Waals surface area (Å²) in [5.74, 6) is 0.525. The Morgan fingerprint density at radius 1 is 1.71 bits per heavy atom. The fourth-order valence-electron chi connectivity index (χ4n) is 2.75. The lowest BCUT2D eigenvalue weighted by Crippen LogP contribution is -2.32. The number of aliphatic hydroxyl groups excluding tert-OH is 1. The highest BCUT2D eigenvalue weighted by Gasteiger charge is 2.43. The summed E-state index contributed by atoms with van der Waals surface area (Å²) < 4.78 is 0.919. The van der Waals surface area contributed by atoms with Gasteiger partial charge in [-0.2, -0.15) is 5.26 Å². The molecule has 1 aromatic heterocycles. The minimum atomic E-state index is -0.662. The Labute approximate surface area is 114 Å². The third kappa shape index (κ3) is 2.42. The molecule has 2 rings (SSSR count). The number of aliphatic hydroxyl groups is 1. The van der Waals surface area contributed by atoms with Crippen molar-refractivity contribution in [1.82, 2.24) is 0 Å². The number of rotatable bonds is 2. The molecule has 0 saturated heterocycles. The Bertz CT molecular complexity index is 439. The topological polar surface area (TPSA) is 44.0 Å². The van der Waals surface area contributed by atoms with Crippen LogP contribution in [0.25, 0.3) is 0 Å². The van der Waals surface area contributed by atoms with E-state index in [-0.39, 0.29) is 0 Å². The molecule has 1 fully saturated rings. The van der Waals surface area contributed by atoms with E-state index in [2.05, 4.69) is 28.9 Å². The van der Waals surface area contributed by atoms with Crippen molar-refractivity contribution in [1.29, 1.82) is 5.26 Å². The van der Waals surface area contributed by atoms with Gasteiger partial charge in [-0.25, -0.2) is 0 Å². The molecule has 17 heavy (non-hydrogen) atoms. The summed E-state index contributed by atoms with van der Waals surface area (Å²) in [6.07, 6.45) is 3.15. The predicted octanol–water partition coefficient (Wildman–Crippen LogP) is 4.26. The maximum atomic E-state index is 10.5. The van der Waals surface area contributed by atoms with Crippen LogP contribution in [-0.2, 0) is 0 Å². The van der Waals surface area contributed by atoms with E-state index in [1.54, 1.807) is 0 Å². The van der Waals surface area contributed by atoms with E-state index in [4.69, 9.17) is 0 Å². The van der Waals surface area contributed by atoms with E-state index in [1.807, 2.05) is 11.4 Å². The summed E-state index contributed by atoms with van der Waals surface area (Å²) in [5, 5.41) is 22.0. The van der Waals surface area contributed by atoms with Crippen molar-refractivity contribution < 1.29 is 5.11 Å². The standard InChI is InChI=1S/C13H16BrNOS/c1-9-3-2-5-13(7-9,8-15)12(16)11-10(14)4-6-17-11/h4,6,9,12,16H,2-3,5,7H2,1H3. The maximum Gasteiger partial charge on any atom is 0.108 e. The number of nitriles is 1. The van der Waals surface area contributed by atoms with Gasteiger partial charge in [0.1, 0.15) is 6.10 Å². The fourth-order valence-corrected chi connectivity index (χ4v) is 4.44. The SMILES string of the molecule is CC1CCCC(C#N)(C(O)c2sccc2Br)C1. The Kier molecular flexibility index (Phi) is 3.92. The lowest BCUT2D eigenvalue weighted by atomic mass is 9.67. The third-order valence-electron chi connectivity index (χ3n) is 3.67. The number of thiophene rings is 1. The van der Waals surface area contributed by atoms with Gasteiger partial charge < -0.3 is 5.11 Å². The van der Waals surface area contributed by atoms with Crippen molar-refractivity contribution in [2.45, 2.75) is 38.7 Å². The number of nitrogens with zero attached hydrogens (tertiary/aromatic N) is 1. The van der Waals surface area contributed by atoms with E-state index in [9.17, 15) is 10.4 Å². The zero-order chi connectivity index (χ0) is 12.5. The van der Waals surface area contributed by atoms with E-state index in [1.165, 1.54) is 17.8 Å². The van der Waals surface area contributed by atoms with Crippen molar-refractivity contribution in [3.05, 3.63) is 20.8 Å². The highest BCUT2D eigenvalue weighted by atomic mass is 79.9. The van der Waals surface area contributed by atoms with Crippen molar-refractivity contribution in [3.8, 4) is 6.07 Å². The number of hydrogen-bond acceptors (Lipinski definition) is 3. The predicted molar refractivity (Wildman–Crippen MR) is 72.7 cm³/mol. The lowest BCUT2D eigenvalue weighted by Gasteiger charge is -2.37. The first-order chi connectivity index (χ1) is 8.09. The molecule has 0 aromatic carbocycles. The van der Waals surface area contributed by atoms with Crippen LogP contribution in [0.3, 0.4) is 0 Å². The first-order valence-electron chi connectivity index (χ1n) is 5.91. The van der Waals surface area contributed by atoms with Crippen LogP contribution < -0.4 is 0 Å². The molecule has 3 atom stereocenters. The van der Waals surface area contributed by atoms with Gasteiger partial charge in [0.2, 0.25) is 0 Å². The Hall–Kier alpha value is -0.370. The van der Waals surface area contributed by atoms with Gasteiger partial charge in [-0.05, 0) is 46.1 Å². The highest BCUT2D eigenvalue weighted by molar-refractivity contribution is 9.10. The molecule has 1 aromatic rings. The molecule has 0 spiro atoms. The molecule has 0 aliphatic heterocycles. The normalized spacial score (nSPS) is 30.8. The molecule has 0 amide bonds. The van der Waals surface area contributed by atoms with Crippen LogP contribution >= 0.6 is 27.3 Å². The second kappa shape index (κ2) is 5.09. The molecule has 1 aliphatic carbocycles. The van der Waals surface area contributed by atoms with Gasteiger partial charge in [0, 0.05) is 9.35 Å². The van der Waals surface area contributed by atoms with Gasteiger partial charge >= 0.3 is 0 Å². The first-order valence-corrected chi connectivity index (χ1v) is 7.58. The summed E-state index contributed by atoms with van der Waals surface area (Å²) in [6, 6.07) is 4.33. The second-order valence-electron chi connectivity index (χ2n) is 5.00. The molecule has 0 bridgehead atoms. The van der Waals surface area contributed by atoms with Gasteiger partial charge in [0.25, 0.3) is 0 Å². The maximum absolute atomic E-state index is 10.5. The van der Waals surface area contributed by atoms with Crippen LogP contribution in [0, 0.1) is 22.7 Å². The molecule has 2 nitrogen and oxygen atoms in total. The minimum Gasteiger partial charge on any atom is -0.386 e. The van der Waals surface area contributed by atoms with Crippen molar-refractivity contribution in [2.75, 3.05) is 0 Å². The van der Waals surface area contributed by atoms with E-state index in [0.29, 0.717) is 5.92 Å². The molecule has 1 N–H and O–H groups in total. The fraction of sp³-hybridized carbons (Fsp3) is 0.615. The lowest BCUT2D eigenvalue weighted by molar-refractivity contribution is 0.0240. The Morgan fingerprint density at radius 3 is 3.00 bits per heavy atom. The minimum absolute atomic E-state index is 0.525. The smallest absolute Gasteiger partial charge is 0.108 e.